The Labute approximate surface area is 106 Å². The first-order valence-corrected chi connectivity index (χ1v) is 6.16. The summed E-state index contributed by atoms with van der Waals surface area (Å²) >= 11 is 5.98. The Morgan fingerprint density at radius 3 is 2.88 bits per heavy atom. The van der Waals surface area contributed by atoms with Gasteiger partial charge in [0.2, 0.25) is 5.91 Å². The number of likely N-dealkylation sites (tertiary alicyclic amines) is 1. The molecule has 1 aliphatic heterocycles. The van der Waals surface area contributed by atoms with Crippen molar-refractivity contribution in [2.24, 2.45) is 12.8 Å². The highest BCUT2D eigenvalue weighted by Crippen LogP contribution is 2.30. The summed E-state index contributed by atoms with van der Waals surface area (Å²) in [5.41, 5.74) is 6.13. The number of amides is 1. The highest BCUT2D eigenvalue weighted by atomic mass is 35.5. The van der Waals surface area contributed by atoms with E-state index >= 15 is 0 Å². The third-order valence-electron chi connectivity index (χ3n) is 3.33. The van der Waals surface area contributed by atoms with Crippen molar-refractivity contribution in [1.82, 2.24) is 14.5 Å². The summed E-state index contributed by atoms with van der Waals surface area (Å²) in [5, 5.41) is 0.557. The first kappa shape index (κ1) is 12.4. The van der Waals surface area contributed by atoms with Crippen LogP contribution in [-0.4, -0.2) is 32.9 Å². The zero-order chi connectivity index (χ0) is 12.6. The molecule has 1 aromatic heterocycles. The van der Waals surface area contributed by atoms with E-state index in [2.05, 4.69) is 4.98 Å². The minimum atomic E-state index is -0.168. The predicted molar refractivity (Wildman–Crippen MR) is 65.6 cm³/mol. The fourth-order valence-electron chi connectivity index (χ4n) is 2.36. The molecule has 5 nitrogen and oxygen atoms in total. The number of nitrogens with two attached hydrogens (primary N) is 1. The Bertz CT molecular complexity index is 431. The van der Waals surface area contributed by atoms with E-state index in [1.165, 1.54) is 0 Å². The van der Waals surface area contributed by atoms with Gasteiger partial charge in [-0.05, 0) is 13.3 Å². The molecular formula is C11H17ClN4O. The average Bonchev–Trinajstić information content (AvgIpc) is 2.63. The summed E-state index contributed by atoms with van der Waals surface area (Å²) in [6.45, 7) is 2.59. The summed E-state index contributed by atoms with van der Waals surface area (Å²) in [4.78, 5) is 17.9. The molecule has 2 rings (SSSR count). The molecule has 0 bridgehead atoms. The minimum Gasteiger partial charge on any atom is -0.331 e. The highest BCUT2D eigenvalue weighted by Gasteiger charge is 2.36. The molecule has 0 spiro atoms. The molecule has 17 heavy (non-hydrogen) atoms. The second-order valence-corrected chi connectivity index (χ2v) is 4.71. The van der Waals surface area contributed by atoms with E-state index in [-0.39, 0.29) is 18.0 Å². The number of nitrogens with zero attached hydrogens (tertiary/aromatic N) is 3. The van der Waals surface area contributed by atoms with Gasteiger partial charge in [-0.1, -0.05) is 11.6 Å². The number of piperidine rings is 1. The smallest absolute Gasteiger partial charge is 0.223 e. The Kier molecular flexibility index (Phi) is 3.40. The molecule has 2 atom stereocenters. The van der Waals surface area contributed by atoms with Crippen molar-refractivity contribution >= 4 is 17.5 Å². The second kappa shape index (κ2) is 4.66. The van der Waals surface area contributed by atoms with Gasteiger partial charge < -0.3 is 15.2 Å². The van der Waals surface area contributed by atoms with E-state index in [1.807, 2.05) is 14.0 Å². The fourth-order valence-corrected chi connectivity index (χ4v) is 2.49. The van der Waals surface area contributed by atoms with E-state index in [1.54, 1.807) is 15.7 Å². The number of aromatic nitrogens is 2. The van der Waals surface area contributed by atoms with Crippen LogP contribution in [0.4, 0.5) is 0 Å². The van der Waals surface area contributed by atoms with Gasteiger partial charge in [0.15, 0.2) is 0 Å². The van der Waals surface area contributed by atoms with E-state index in [4.69, 9.17) is 17.3 Å². The summed E-state index contributed by atoms with van der Waals surface area (Å²) in [6.07, 6.45) is 2.81. The first-order valence-electron chi connectivity index (χ1n) is 5.78. The zero-order valence-corrected chi connectivity index (χ0v) is 10.8. The van der Waals surface area contributed by atoms with Gasteiger partial charge >= 0.3 is 0 Å². The maximum atomic E-state index is 11.9. The van der Waals surface area contributed by atoms with Gasteiger partial charge in [-0.3, -0.25) is 4.79 Å². The summed E-state index contributed by atoms with van der Waals surface area (Å²) in [5.74, 6) is 0.899. The minimum absolute atomic E-state index is 0.0789. The lowest BCUT2D eigenvalue weighted by Crippen LogP contribution is -2.49. The lowest BCUT2D eigenvalue weighted by atomic mass is 9.95. The number of hydrogen-bond acceptors (Lipinski definition) is 3. The van der Waals surface area contributed by atoms with Crippen LogP contribution >= 0.6 is 11.6 Å². The molecule has 0 saturated carbocycles. The summed E-state index contributed by atoms with van der Waals surface area (Å²) in [6, 6.07) is -0.247. The van der Waals surface area contributed by atoms with E-state index in [9.17, 15) is 4.79 Å². The van der Waals surface area contributed by atoms with Crippen molar-refractivity contribution in [1.29, 1.82) is 0 Å². The lowest BCUT2D eigenvalue weighted by Gasteiger charge is -2.38. The standard InChI is InChI=1S/C11H17ClN4O/c1-3-16-9(17)5-4-7(13)10(16)11-14-6-8(12)15(11)2/h6-7,10H,3-5,13H2,1-2H3. The number of halogens is 1. The molecule has 1 fully saturated rings. The molecule has 1 amide bonds. The fraction of sp³-hybridized carbons (Fsp3) is 0.636. The number of rotatable bonds is 2. The van der Waals surface area contributed by atoms with Crippen LogP contribution < -0.4 is 5.73 Å². The van der Waals surface area contributed by atoms with Gasteiger partial charge in [0.1, 0.15) is 17.0 Å². The van der Waals surface area contributed by atoms with Crippen molar-refractivity contribution in [3.05, 3.63) is 17.2 Å². The monoisotopic (exact) mass is 256 g/mol. The SMILES string of the molecule is CCN1C(=O)CCC(N)C1c1ncc(Cl)n1C. The van der Waals surface area contributed by atoms with Crippen molar-refractivity contribution in [3.8, 4) is 0 Å². The Morgan fingerprint density at radius 1 is 1.65 bits per heavy atom. The van der Waals surface area contributed by atoms with Crippen LogP contribution in [-0.2, 0) is 11.8 Å². The van der Waals surface area contributed by atoms with Crippen molar-refractivity contribution in [3.63, 3.8) is 0 Å². The largest absolute Gasteiger partial charge is 0.331 e. The molecule has 1 saturated heterocycles. The van der Waals surface area contributed by atoms with Crippen molar-refractivity contribution in [2.75, 3.05) is 6.54 Å². The second-order valence-electron chi connectivity index (χ2n) is 4.33. The lowest BCUT2D eigenvalue weighted by molar-refractivity contribution is -0.137. The van der Waals surface area contributed by atoms with Gasteiger partial charge in [0.05, 0.1) is 6.20 Å². The zero-order valence-electron chi connectivity index (χ0n) is 10.1. The van der Waals surface area contributed by atoms with Gasteiger partial charge in [0.25, 0.3) is 0 Å². The molecule has 1 aromatic rings. The third kappa shape index (κ3) is 2.05. The molecule has 1 aliphatic rings. The van der Waals surface area contributed by atoms with Crippen LogP contribution in [0.2, 0.25) is 5.15 Å². The van der Waals surface area contributed by atoms with Crippen LogP contribution in [0.5, 0.6) is 0 Å². The Hall–Kier alpha value is -1.07. The Morgan fingerprint density at radius 2 is 2.35 bits per heavy atom. The topological polar surface area (TPSA) is 64.2 Å². The van der Waals surface area contributed by atoms with E-state index in [0.717, 1.165) is 5.82 Å². The van der Waals surface area contributed by atoms with Gasteiger partial charge in [0, 0.05) is 26.1 Å². The molecule has 0 radical (unpaired) electrons. The Balaban J connectivity index is 2.39. The summed E-state index contributed by atoms with van der Waals surface area (Å²) < 4.78 is 1.79. The maximum Gasteiger partial charge on any atom is 0.223 e. The van der Waals surface area contributed by atoms with Crippen LogP contribution in [0.15, 0.2) is 6.20 Å². The molecule has 2 unspecified atom stereocenters. The van der Waals surface area contributed by atoms with Crippen molar-refractivity contribution in [2.45, 2.75) is 31.8 Å². The predicted octanol–water partition coefficient (Wildman–Crippen LogP) is 1.08. The quantitative estimate of drug-likeness (QED) is 0.861. The number of imidazole rings is 1. The van der Waals surface area contributed by atoms with E-state index in [0.29, 0.717) is 24.5 Å². The molecule has 6 heteroatoms. The summed E-state index contributed by atoms with van der Waals surface area (Å²) in [7, 11) is 1.84. The van der Waals surface area contributed by atoms with Gasteiger partial charge in [-0.2, -0.15) is 0 Å². The molecule has 0 aliphatic carbocycles. The first-order chi connectivity index (χ1) is 8.06. The highest BCUT2D eigenvalue weighted by molar-refractivity contribution is 6.29. The molecule has 0 aromatic carbocycles. The molecule has 94 valence electrons. The van der Waals surface area contributed by atoms with Crippen LogP contribution in [0, 0.1) is 0 Å². The van der Waals surface area contributed by atoms with Gasteiger partial charge in [-0.25, -0.2) is 4.98 Å². The third-order valence-corrected chi connectivity index (χ3v) is 3.68. The normalized spacial score (nSPS) is 25.4. The maximum absolute atomic E-state index is 11.9. The average molecular weight is 257 g/mol. The van der Waals surface area contributed by atoms with Crippen LogP contribution in [0.25, 0.3) is 0 Å². The van der Waals surface area contributed by atoms with Crippen LogP contribution in [0.1, 0.15) is 31.6 Å². The number of carbonyl (C=O) groups excluding carboxylic acids is 1. The molecular weight excluding hydrogens is 240 g/mol. The number of carbonyl (C=O) groups is 1. The number of likely N-dealkylation sites (N-methyl/N-ethyl adjacent to an activating group) is 1. The van der Waals surface area contributed by atoms with Gasteiger partial charge in [-0.15, -0.1) is 0 Å². The van der Waals surface area contributed by atoms with E-state index < -0.39 is 0 Å². The molecule has 2 heterocycles. The number of hydrogen-bond donors (Lipinski definition) is 1. The molecule has 2 N–H and O–H groups in total. The van der Waals surface area contributed by atoms with Crippen molar-refractivity contribution < 1.29 is 4.79 Å². The van der Waals surface area contributed by atoms with Crippen LogP contribution in [0.3, 0.4) is 0 Å².